The van der Waals surface area contributed by atoms with E-state index in [1.54, 1.807) is 0 Å². The van der Waals surface area contributed by atoms with Gasteiger partial charge in [-0.25, -0.2) is 0 Å². The van der Waals surface area contributed by atoms with Gasteiger partial charge in [0.25, 0.3) is 0 Å². The molecule has 96 valence electrons. The summed E-state index contributed by atoms with van der Waals surface area (Å²) in [6, 6.07) is 2.43. The predicted octanol–water partition coefficient (Wildman–Crippen LogP) is 3.72. The third-order valence-electron chi connectivity index (χ3n) is 1.89. The smallest absolute Gasteiger partial charge is 0.198 e. The van der Waals surface area contributed by atoms with Crippen LogP contribution in [0.5, 0.6) is 0 Å². The molecular weight excluding hydrogens is 282 g/mol. The zero-order valence-electron chi connectivity index (χ0n) is 8.28. The number of nitriles is 2. The number of halogens is 6. The maximum atomic E-state index is 12.6. The highest BCUT2D eigenvalue weighted by Crippen LogP contribution is 2.47. The highest BCUT2D eigenvalue weighted by molar-refractivity contribution is 7.13. The molecule has 0 radical (unpaired) electrons. The minimum Gasteiger partial charge on any atom is -0.198 e. The number of thiophene rings is 1. The van der Waals surface area contributed by atoms with Crippen LogP contribution in [-0.2, 0) is 18.8 Å². The summed E-state index contributed by atoms with van der Waals surface area (Å²) in [5, 5.41) is 16.8. The first-order chi connectivity index (χ1) is 8.12. The quantitative estimate of drug-likeness (QED) is 0.738. The molecule has 18 heavy (non-hydrogen) atoms. The Labute approximate surface area is 101 Å². The third kappa shape index (κ3) is 2.57. The van der Waals surface area contributed by atoms with E-state index in [1.807, 2.05) is 0 Å². The van der Waals surface area contributed by atoms with Crippen molar-refractivity contribution < 1.29 is 26.3 Å². The molecule has 0 aliphatic heterocycles. The van der Waals surface area contributed by atoms with Crippen molar-refractivity contribution in [3.63, 3.8) is 0 Å². The van der Waals surface area contributed by atoms with E-state index in [-0.39, 0.29) is 11.3 Å². The molecule has 9 heteroatoms. The molecule has 2 nitrogen and oxygen atoms in total. The normalized spacial score (nSPS) is 12.0. The van der Waals surface area contributed by atoms with Crippen molar-refractivity contribution in [3.05, 3.63) is 20.9 Å². The Kier molecular flexibility index (Phi) is 3.58. The van der Waals surface area contributed by atoms with Gasteiger partial charge < -0.3 is 0 Å². The van der Waals surface area contributed by atoms with Gasteiger partial charge in [-0.2, -0.15) is 36.9 Å². The Morgan fingerprint density at radius 3 is 1.78 bits per heavy atom. The van der Waals surface area contributed by atoms with Crippen LogP contribution < -0.4 is 0 Å². The van der Waals surface area contributed by atoms with E-state index < -0.39 is 39.7 Å². The largest absolute Gasteiger partial charge is 0.419 e. The van der Waals surface area contributed by atoms with Gasteiger partial charge in [-0.1, -0.05) is 0 Å². The molecule has 0 fully saturated rings. The van der Waals surface area contributed by atoms with Crippen LogP contribution in [0.25, 0.3) is 0 Å². The van der Waals surface area contributed by atoms with Crippen LogP contribution in [0.1, 0.15) is 20.9 Å². The number of rotatable bonds is 1. The standard InChI is InChI=1S/C9H2F6N2S/c10-8(11,12)6-4(1-2-16)18-5(3-17)7(6)9(13,14)15/h1H2. The monoisotopic (exact) mass is 284 g/mol. The molecule has 0 spiro atoms. The summed E-state index contributed by atoms with van der Waals surface area (Å²) in [5.41, 5.74) is -3.94. The van der Waals surface area contributed by atoms with E-state index in [9.17, 15) is 26.3 Å². The van der Waals surface area contributed by atoms with Crippen LogP contribution in [0.2, 0.25) is 0 Å². The number of alkyl halides is 6. The highest BCUT2D eigenvalue weighted by Gasteiger charge is 2.48. The van der Waals surface area contributed by atoms with E-state index in [0.29, 0.717) is 0 Å². The second-order valence-corrected chi connectivity index (χ2v) is 4.15. The summed E-state index contributed by atoms with van der Waals surface area (Å²) < 4.78 is 75.5. The predicted molar refractivity (Wildman–Crippen MR) is 48.4 cm³/mol. The van der Waals surface area contributed by atoms with Crippen LogP contribution in [-0.4, -0.2) is 0 Å². The SMILES string of the molecule is N#CCc1sc(C#N)c(C(F)(F)F)c1C(F)(F)F. The van der Waals surface area contributed by atoms with Gasteiger partial charge >= 0.3 is 12.4 Å². The lowest BCUT2D eigenvalue weighted by Gasteiger charge is -2.12. The lowest BCUT2D eigenvalue weighted by molar-refractivity contribution is -0.161. The molecule has 1 heterocycles. The number of nitrogens with zero attached hydrogens (tertiary/aromatic N) is 2. The summed E-state index contributed by atoms with van der Waals surface area (Å²) >= 11 is 0.0408. The van der Waals surface area contributed by atoms with Crippen molar-refractivity contribution in [1.82, 2.24) is 0 Å². The second-order valence-electron chi connectivity index (χ2n) is 3.05. The molecule has 0 unspecified atom stereocenters. The van der Waals surface area contributed by atoms with E-state index >= 15 is 0 Å². The molecule has 0 aromatic carbocycles. The lowest BCUT2D eigenvalue weighted by atomic mass is 10.1. The first-order valence-electron chi connectivity index (χ1n) is 4.20. The molecule has 1 aromatic rings. The summed E-state index contributed by atoms with van der Waals surface area (Å²) in [6.45, 7) is 0. The first-order valence-corrected chi connectivity index (χ1v) is 5.01. The van der Waals surface area contributed by atoms with Gasteiger partial charge in [-0.3, -0.25) is 0 Å². The van der Waals surface area contributed by atoms with Crippen molar-refractivity contribution in [2.45, 2.75) is 18.8 Å². The third-order valence-corrected chi connectivity index (χ3v) is 2.98. The average Bonchev–Trinajstić information content (AvgIpc) is 2.56. The molecule has 0 aliphatic rings. The van der Waals surface area contributed by atoms with E-state index in [1.165, 1.54) is 6.07 Å². The first kappa shape index (κ1) is 14.3. The molecule has 0 saturated heterocycles. The fraction of sp³-hybridized carbons (Fsp3) is 0.333. The van der Waals surface area contributed by atoms with E-state index in [2.05, 4.69) is 0 Å². The van der Waals surface area contributed by atoms with Crippen molar-refractivity contribution in [3.8, 4) is 12.1 Å². The molecule has 1 rings (SSSR count). The van der Waals surface area contributed by atoms with Gasteiger partial charge in [0, 0.05) is 4.88 Å². The molecule has 0 saturated carbocycles. The minimum absolute atomic E-state index is 0.0408. The second kappa shape index (κ2) is 4.50. The number of hydrogen-bond donors (Lipinski definition) is 0. The van der Waals surface area contributed by atoms with Crippen LogP contribution in [0.15, 0.2) is 0 Å². The zero-order valence-corrected chi connectivity index (χ0v) is 9.09. The van der Waals surface area contributed by atoms with Gasteiger partial charge in [0.15, 0.2) is 0 Å². The summed E-state index contributed by atoms with van der Waals surface area (Å²) in [5.74, 6) is 0. The molecule has 0 bridgehead atoms. The van der Waals surface area contributed by atoms with Gasteiger partial charge in [-0.05, 0) is 0 Å². The molecule has 0 N–H and O–H groups in total. The summed E-state index contributed by atoms with van der Waals surface area (Å²) in [4.78, 5) is -1.88. The molecule has 0 aliphatic carbocycles. The Bertz CT molecular complexity index is 540. The van der Waals surface area contributed by atoms with Crippen LogP contribution in [0.4, 0.5) is 26.3 Å². The summed E-state index contributed by atoms with van der Waals surface area (Å²) in [7, 11) is 0. The fourth-order valence-electron chi connectivity index (χ4n) is 1.32. The summed E-state index contributed by atoms with van der Waals surface area (Å²) in [6.07, 6.45) is -11.4. The molecule has 0 atom stereocenters. The average molecular weight is 284 g/mol. The van der Waals surface area contributed by atoms with Crippen molar-refractivity contribution in [2.75, 3.05) is 0 Å². The highest BCUT2D eigenvalue weighted by atomic mass is 32.1. The zero-order chi connectivity index (χ0) is 14.1. The Balaban J connectivity index is 3.68. The molecule has 1 aromatic heterocycles. The minimum atomic E-state index is -5.29. The Hall–Kier alpha value is -1.74. The Morgan fingerprint density at radius 2 is 1.44 bits per heavy atom. The van der Waals surface area contributed by atoms with Crippen molar-refractivity contribution >= 4 is 11.3 Å². The van der Waals surface area contributed by atoms with Gasteiger partial charge in [0.1, 0.15) is 10.9 Å². The van der Waals surface area contributed by atoms with Crippen LogP contribution >= 0.6 is 11.3 Å². The lowest BCUT2D eigenvalue weighted by Crippen LogP contribution is -2.16. The topological polar surface area (TPSA) is 47.6 Å². The van der Waals surface area contributed by atoms with Crippen LogP contribution in [0.3, 0.4) is 0 Å². The van der Waals surface area contributed by atoms with Gasteiger partial charge in [-0.15, -0.1) is 11.3 Å². The van der Waals surface area contributed by atoms with E-state index in [4.69, 9.17) is 10.5 Å². The van der Waals surface area contributed by atoms with E-state index in [0.717, 1.165) is 6.07 Å². The van der Waals surface area contributed by atoms with Crippen molar-refractivity contribution in [2.24, 2.45) is 0 Å². The molecular formula is C9H2F6N2S. The van der Waals surface area contributed by atoms with Crippen LogP contribution in [0, 0.1) is 22.7 Å². The molecule has 0 amide bonds. The maximum Gasteiger partial charge on any atom is 0.419 e. The van der Waals surface area contributed by atoms with Crippen molar-refractivity contribution in [1.29, 1.82) is 10.5 Å². The van der Waals surface area contributed by atoms with Gasteiger partial charge in [0.05, 0.1) is 23.6 Å². The van der Waals surface area contributed by atoms with Gasteiger partial charge in [0.2, 0.25) is 0 Å². The fourth-order valence-corrected chi connectivity index (χ4v) is 2.39. The number of hydrogen-bond acceptors (Lipinski definition) is 3. The maximum absolute atomic E-state index is 12.6. The Morgan fingerprint density at radius 1 is 0.944 bits per heavy atom.